The molecule has 0 atom stereocenters. The summed E-state index contributed by atoms with van der Waals surface area (Å²) in [6.45, 7) is 7.70. The second-order valence-corrected chi connectivity index (χ2v) is 9.61. The van der Waals surface area contributed by atoms with Crippen molar-refractivity contribution in [2.75, 3.05) is 30.4 Å². The highest BCUT2D eigenvalue weighted by Crippen LogP contribution is 2.39. The normalized spacial score (nSPS) is 14.4. The maximum Gasteiger partial charge on any atom is 0.204 e. The van der Waals surface area contributed by atoms with E-state index in [1.807, 2.05) is 37.3 Å². The second kappa shape index (κ2) is 10.2. The largest absolute Gasteiger partial charge is 0.490 e. The third-order valence-electron chi connectivity index (χ3n) is 5.65. The van der Waals surface area contributed by atoms with Gasteiger partial charge in [-0.25, -0.2) is 9.97 Å². The lowest BCUT2D eigenvalue weighted by atomic mass is 9.99. The van der Waals surface area contributed by atoms with Crippen molar-refractivity contribution in [3.05, 3.63) is 41.6 Å². The predicted molar refractivity (Wildman–Crippen MR) is 131 cm³/mol. The molecular weight excluding hydrogens is 436 g/mol. The number of aromatic nitrogens is 4. The number of hydrogen-bond acceptors (Lipinski definition) is 8. The standard InChI is InChI=1S/C24H30N6O2S/c1-15-9-11-30(12-10-15)23-21(32-4)22(25-20-13-16(2)28-29-20)26-24(27-23)33-19-7-5-18(6-8-19)14-17(3)31/h5-8,13,15H,9-12,14H2,1-4H3,(H2,25,26,27,28,29). The molecule has 2 N–H and O–H groups in total. The molecule has 1 aliphatic rings. The summed E-state index contributed by atoms with van der Waals surface area (Å²) < 4.78 is 5.79. The first-order valence-electron chi connectivity index (χ1n) is 11.2. The molecule has 0 bridgehead atoms. The Labute approximate surface area is 198 Å². The lowest BCUT2D eigenvalue weighted by Gasteiger charge is -2.32. The van der Waals surface area contributed by atoms with Crippen molar-refractivity contribution in [1.29, 1.82) is 0 Å². The molecule has 33 heavy (non-hydrogen) atoms. The Bertz CT molecular complexity index is 1110. The van der Waals surface area contributed by atoms with E-state index in [4.69, 9.17) is 14.7 Å². The number of nitrogens with one attached hydrogen (secondary N) is 2. The van der Waals surface area contributed by atoms with Crippen LogP contribution in [0.25, 0.3) is 0 Å². The zero-order valence-electron chi connectivity index (χ0n) is 19.5. The van der Waals surface area contributed by atoms with E-state index in [0.717, 1.165) is 47.9 Å². The van der Waals surface area contributed by atoms with Crippen LogP contribution in [0.5, 0.6) is 5.75 Å². The van der Waals surface area contributed by atoms with E-state index >= 15 is 0 Å². The zero-order valence-corrected chi connectivity index (χ0v) is 20.3. The van der Waals surface area contributed by atoms with Gasteiger partial charge in [0.2, 0.25) is 5.75 Å². The van der Waals surface area contributed by atoms with E-state index in [0.29, 0.717) is 34.9 Å². The number of piperidine rings is 1. The maximum absolute atomic E-state index is 11.4. The van der Waals surface area contributed by atoms with Crippen molar-refractivity contribution in [3.8, 4) is 5.75 Å². The van der Waals surface area contributed by atoms with Crippen LogP contribution in [0.3, 0.4) is 0 Å². The minimum absolute atomic E-state index is 0.152. The molecule has 0 aliphatic carbocycles. The van der Waals surface area contributed by atoms with Crippen LogP contribution < -0.4 is 15.0 Å². The Morgan fingerprint density at radius 1 is 1.24 bits per heavy atom. The highest BCUT2D eigenvalue weighted by molar-refractivity contribution is 7.99. The van der Waals surface area contributed by atoms with Crippen molar-refractivity contribution >= 4 is 35.0 Å². The number of carbonyl (C=O) groups excluding carboxylic acids is 1. The van der Waals surface area contributed by atoms with Gasteiger partial charge in [-0.05, 0) is 62.1 Å². The Morgan fingerprint density at radius 3 is 2.58 bits per heavy atom. The van der Waals surface area contributed by atoms with E-state index in [2.05, 4.69) is 27.3 Å². The summed E-state index contributed by atoms with van der Waals surface area (Å²) in [4.78, 5) is 24.3. The highest BCUT2D eigenvalue weighted by Gasteiger charge is 2.25. The Balaban J connectivity index is 1.67. The lowest BCUT2D eigenvalue weighted by Crippen LogP contribution is -2.34. The number of aromatic amines is 1. The third-order valence-corrected chi connectivity index (χ3v) is 6.53. The summed E-state index contributed by atoms with van der Waals surface area (Å²) in [6.07, 6.45) is 2.68. The summed E-state index contributed by atoms with van der Waals surface area (Å²) in [5.74, 6) is 3.53. The number of nitrogens with zero attached hydrogens (tertiary/aromatic N) is 4. The van der Waals surface area contributed by atoms with Gasteiger partial charge in [0.25, 0.3) is 0 Å². The average molecular weight is 467 g/mol. The minimum Gasteiger partial charge on any atom is -0.490 e. The van der Waals surface area contributed by atoms with Gasteiger partial charge in [0, 0.05) is 36.2 Å². The molecule has 1 aromatic carbocycles. The van der Waals surface area contributed by atoms with Crippen molar-refractivity contribution in [2.45, 2.75) is 50.1 Å². The van der Waals surface area contributed by atoms with Gasteiger partial charge in [0.1, 0.15) is 5.78 Å². The van der Waals surface area contributed by atoms with Crippen LogP contribution in [-0.2, 0) is 11.2 Å². The van der Waals surface area contributed by atoms with Gasteiger partial charge < -0.3 is 15.0 Å². The molecular formula is C24H30N6O2S. The fourth-order valence-corrected chi connectivity index (χ4v) is 4.60. The molecule has 1 aliphatic heterocycles. The number of benzene rings is 1. The first kappa shape index (κ1) is 23.1. The number of hydrogen-bond donors (Lipinski definition) is 2. The molecule has 3 heterocycles. The van der Waals surface area contributed by atoms with Gasteiger partial charge >= 0.3 is 0 Å². The smallest absolute Gasteiger partial charge is 0.204 e. The molecule has 0 amide bonds. The summed E-state index contributed by atoms with van der Waals surface area (Å²) >= 11 is 1.49. The van der Waals surface area contributed by atoms with Crippen LogP contribution in [0.2, 0.25) is 0 Å². The number of carbonyl (C=O) groups is 1. The molecule has 3 aromatic rings. The fraction of sp³-hybridized carbons (Fsp3) is 0.417. The number of anilines is 3. The Kier molecular flexibility index (Phi) is 7.17. The van der Waals surface area contributed by atoms with Crippen molar-refractivity contribution in [2.24, 2.45) is 5.92 Å². The fourth-order valence-electron chi connectivity index (χ4n) is 3.84. The number of ether oxygens (including phenoxy) is 1. The summed E-state index contributed by atoms with van der Waals surface area (Å²) in [5, 5.41) is 11.1. The molecule has 8 nitrogen and oxygen atoms in total. The minimum atomic E-state index is 0.152. The predicted octanol–water partition coefficient (Wildman–Crippen LogP) is 4.78. The molecule has 4 rings (SSSR count). The lowest BCUT2D eigenvalue weighted by molar-refractivity contribution is -0.116. The molecule has 1 fully saturated rings. The highest BCUT2D eigenvalue weighted by atomic mass is 32.2. The third kappa shape index (κ3) is 5.84. The summed E-state index contributed by atoms with van der Waals surface area (Å²) in [6, 6.07) is 9.88. The van der Waals surface area contributed by atoms with Crippen LogP contribution >= 0.6 is 11.8 Å². The first-order chi connectivity index (χ1) is 15.9. The molecule has 0 saturated carbocycles. The van der Waals surface area contributed by atoms with Crippen molar-refractivity contribution in [1.82, 2.24) is 20.2 Å². The van der Waals surface area contributed by atoms with Crippen molar-refractivity contribution < 1.29 is 9.53 Å². The molecule has 9 heteroatoms. The van der Waals surface area contributed by atoms with Crippen LogP contribution in [0.4, 0.5) is 17.5 Å². The molecule has 0 radical (unpaired) electrons. The average Bonchev–Trinajstić information content (AvgIpc) is 3.19. The van der Waals surface area contributed by atoms with E-state index < -0.39 is 0 Å². The van der Waals surface area contributed by atoms with Crippen molar-refractivity contribution in [3.63, 3.8) is 0 Å². The van der Waals surface area contributed by atoms with Gasteiger partial charge in [0.15, 0.2) is 22.6 Å². The summed E-state index contributed by atoms with van der Waals surface area (Å²) in [7, 11) is 1.65. The molecule has 0 unspecified atom stereocenters. The van der Waals surface area contributed by atoms with Crippen LogP contribution in [0.15, 0.2) is 40.4 Å². The Hall–Kier alpha value is -3.07. The topological polar surface area (TPSA) is 96.0 Å². The molecule has 2 aromatic heterocycles. The number of rotatable bonds is 8. The maximum atomic E-state index is 11.4. The van der Waals surface area contributed by atoms with Gasteiger partial charge in [-0.2, -0.15) is 5.10 Å². The molecule has 0 spiro atoms. The molecule has 1 saturated heterocycles. The number of Topliss-reactive ketones (excluding diaryl/α,β-unsaturated/α-hetero) is 1. The van der Waals surface area contributed by atoms with Gasteiger partial charge in [-0.3, -0.25) is 9.89 Å². The number of ketones is 1. The Morgan fingerprint density at radius 2 is 1.97 bits per heavy atom. The van der Waals surface area contributed by atoms with E-state index in [-0.39, 0.29) is 5.78 Å². The zero-order chi connectivity index (χ0) is 23.4. The van der Waals surface area contributed by atoms with Gasteiger partial charge in [0.05, 0.1) is 7.11 Å². The quantitative estimate of drug-likeness (QED) is 0.458. The van der Waals surface area contributed by atoms with E-state index in [9.17, 15) is 4.79 Å². The van der Waals surface area contributed by atoms with E-state index in [1.54, 1.807) is 14.0 Å². The number of aryl methyl sites for hydroxylation is 1. The van der Waals surface area contributed by atoms with Crippen LogP contribution in [0.1, 0.15) is 37.9 Å². The van der Waals surface area contributed by atoms with Crippen LogP contribution in [0, 0.1) is 12.8 Å². The number of methoxy groups -OCH3 is 1. The molecule has 174 valence electrons. The second-order valence-electron chi connectivity index (χ2n) is 8.57. The summed E-state index contributed by atoms with van der Waals surface area (Å²) in [5.41, 5.74) is 1.96. The monoisotopic (exact) mass is 466 g/mol. The SMILES string of the molecule is COc1c(Nc2cc(C)[nH]n2)nc(Sc2ccc(CC(C)=O)cc2)nc1N1CCC(C)CC1. The number of H-pyrrole nitrogens is 1. The van der Waals surface area contributed by atoms with Gasteiger partial charge in [-0.15, -0.1) is 0 Å². The van der Waals surface area contributed by atoms with Gasteiger partial charge in [-0.1, -0.05) is 19.1 Å². The first-order valence-corrected chi connectivity index (χ1v) is 12.0. The van der Waals surface area contributed by atoms with Crippen LogP contribution in [-0.4, -0.2) is 46.1 Å². The van der Waals surface area contributed by atoms with E-state index in [1.165, 1.54) is 11.8 Å².